The lowest BCUT2D eigenvalue weighted by atomic mass is 9.90. The van der Waals surface area contributed by atoms with Gasteiger partial charge in [0.1, 0.15) is 0 Å². The first-order valence-corrected chi connectivity index (χ1v) is 6.56. The Balaban J connectivity index is 1.70. The highest BCUT2D eigenvalue weighted by Crippen LogP contribution is 2.19. The van der Waals surface area contributed by atoms with Crippen LogP contribution in [0.5, 0.6) is 0 Å². The quantitative estimate of drug-likeness (QED) is 0.798. The lowest BCUT2D eigenvalue weighted by Gasteiger charge is -2.28. The van der Waals surface area contributed by atoms with Gasteiger partial charge >= 0.3 is 0 Å². The van der Waals surface area contributed by atoms with Crippen LogP contribution < -0.4 is 10.6 Å². The van der Waals surface area contributed by atoms with E-state index in [1.807, 2.05) is 0 Å². The van der Waals surface area contributed by atoms with Gasteiger partial charge < -0.3 is 15.2 Å². The van der Waals surface area contributed by atoms with Gasteiger partial charge in [-0.3, -0.25) is 4.79 Å². The number of piperidine rings is 1. The summed E-state index contributed by atoms with van der Waals surface area (Å²) in [5.41, 5.74) is 0. The van der Waals surface area contributed by atoms with Gasteiger partial charge in [0.25, 0.3) is 0 Å². The second kappa shape index (κ2) is 6.49. The average Bonchev–Trinajstić information content (AvgIpc) is 2.92. The number of rotatable bonds is 5. The van der Waals surface area contributed by atoms with Crippen molar-refractivity contribution in [2.75, 3.05) is 13.1 Å². The van der Waals surface area contributed by atoms with Crippen LogP contribution in [0, 0.1) is 5.92 Å². The summed E-state index contributed by atoms with van der Waals surface area (Å²) in [6.45, 7) is 3.65. The van der Waals surface area contributed by atoms with Crippen LogP contribution >= 0.6 is 0 Å². The number of carbonyl (C=O) groups excluding carboxylic acids is 1. The van der Waals surface area contributed by atoms with Crippen molar-refractivity contribution in [2.45, 2.75) is 38.6 Å². The van der Waals surface area contributed by atoms with Gasteiger partial charge in [-0.1, -0.05) is 18.5 Å². The highest BCUT2D eigenvalue weighted by molar-refractivity contribution is 5.81. The van der Waals surface area contributed by atoms with Crippen LogP contribution in [-0.2, 0) is 11.2 Å². The van der Waals surface area contributed by atoms with Crippen molar-refractivity contribution >= 4 is 5.91 Å². The zero-order valence-corrected chi connectivity index (χ0v) is 10.7. The van der Waals surface area contributed by atoms with Gasteiger partial charge in [0.05, 0.1) is 6.04 Å². The van der Waals surface area contributed by atoms with E-state index < -0.39 is 0 Å². The Morgan fingerprint density at radius 3 is 3.28 bits per heavy atom. The van der Waals surface area contributed by atoms with Gasteiger partial charge in [0.15, 0.2) is 6.33 Å². The smallest absolute Gasteiger partial charge is 0.237 e. The summed E-state index contributed by atoms with van der Waals surface area (Å²) in [6.07, 6.45) is 5.19. The molecule has 1 amide bonds. The van der Waals surface area contributed by atoms with E-state index in [1.165, 1.54) is 12.7 Å². The normalized spacial score (nSPS) is 23.8. The number of amides is 1. The van der Waals surface area contributed by atoms with Crippen molar-refractivity contribution in [3.63, 3.8) is 0 Å². The number of nitrogens with one attached hydrogen (secondary N) is 2. The Morgan fingerprint density at radius 2 is 2.56 bits per heavy atom. The molecule has 1 aromatic rings. The van der Waals surface area contributed by atoms with Gasteiger partial charge in [0.2, 0.25) is 11.8 Å². The van der Waals surface area contributed by atoms with E-state index in [9.17, 15) is 4.79 Å². The number of hydrogen-bond acceptors (Lipinski definition) is 5. The SMILES string of the molecule is CCC1CCNC(C(=O)NCCc2ncno2)C1. The van der Waals surface area contributed by atoms with Gasteiger partial charge in [0, 0.05) is 13.0 Å². The molecule has 1 aromatic heterocycles. The van der Waals surface area contributed by atoms with Crippen LogP contribution in [0.15, 0.2) is 10.9 Å². The topological polar surface area (TPSA) is 80.0 Å². The molecular weight excluding hydrogens is 232 g/mol. The van der Waals surface area contributed by atoms with Crippen molar-refractivity contribution in [1.82, 2.24) is 20.8 Å². The Morgan fingerprint density at radius 1 is 1.67 bits per heavy atom. The number of nitrogens with zero attached hydrogens (tertiary/aromatic N) is 2. The van der Waals surface area contributed by atoms with Crippen molar-refractivity contribution < 1.29 is 9.32 Å². The summed E-state index contributed by atoms with van der Waals surface area (Å²) in [5, 5.41) is 9.69. The first-order chi connectivity index (χ1) is 8.79. The predicted octanol–water partition coefficient (Wildman–Crippen LogP) is 0.506. The molecule has 6 heteroatoms. The van der Waals surface area contributed by atoms with Crippen LogP contribution in [-0.4, -0.2) is 35.2 Å². The molecule has 0 radical (unpaired) electrons. The van der Waals surface area contributed by atoms with Crippen LogP contribution in [0.25, 0.3) is 0 Å². The maximum atomic E-state index is 11.9. The first kappa shape index (κ1) is 13.0. The first-order valence-electron chi connectivity index (χ1n) is 6.56. The zero-order chi connectivity index (χ0) is 12.8. The van der Waals surface area contributed by atoms with E-state index in [-0.39, 0.29) is 11.9 Å². The molecule has 0 spiro atoms. The molecule has 2 heterocycles. The molecular formula is C12H20N4O2. The van der Waals surface area contributed by atoms with E-state index >= 15 is 0 Å². The van der Waals surface area contributed by atoms with Crippen molar-refractivity contribution in [1.29, 1.82) is 0 Å². The third-order valence-corrected chi connectivity index (χ3v) is 3.45. The van der Waals surface area contributed by atoms with Crippen molar-refractivity contribution in [3.8, 4) is 0 Å². The van der Waals surface area contributed by atoms with Gasteiger partial charge in [-0.15, -0.1) is 0 Å². The maximum absolute atomic E-state index is 11.9. The Labute approximate surface area is 107 Å². The highest BCUT2D eigenvalue weighted by Gasteiger charge is 2.25. The summed E-state index contributed by atoms with van der Waals surface area (Å²) in [7, 11) is 0. The minimum Gasteiger partial charge on any atom is -0.354 e. The predicted molar refractivity (Wildman–Crippen MR) is 65.8 cm³/mol. The lowest BCUT2D eigenvalue weighted by Crippen LogP contribution is -2.49. The van der Waals surface area contributed by atoms with Gasteiger partial charge in [-0.2, -0.15) is 4.98 Å². The summed E-state index contributed by atoms with van der Waals surface area (Å²) >= 11 is 0. The molecule has 0 saturated carbocycles. The molecule has 1 fully saturated rings. The summed E-state index contributed by atoms with van der Waals surface area (Å²) in [5.74, 6) is 1.30. The molecule has 2 N–H and O–H groups in total. The molecule has 0 aromatic carbocycles. The monoisotopic (exact) mass is 252 g/mol. The van der Waals surface area contributed by atoms with Crippen LogP contribution in [0.1, 0.15) is 32.1 Å². The zero-order valence-electron chi connectivity index (χ0n) is 10.7. The standard InChI is InChI=1S/C12H20N4O2/c1-2-9-3-5-13-10(7-9)12(17)14-6-4-11-15-8-16-18-11/h8-10,13H,2-7H2,1H3,(H,14,17). The fraction of sp³-hybridized carbons (Fsp3) is 0.750. The fourth-order valence-electron chi connectivity index (χ4n) is 2.29. The van der Waals surface area contributed by atoms with E-state index in [4.69, 9.17) is 4.52 Å². The molecule has 0 aliphatic carbocycles. The van der Waals surface area contributed by atoms with E-state index in [1.54, 1.807) is 0 Å². The van der Waals surface area contributed by atoms with Crippen molar-refractivity contribution in [2.24, 2.45) is 5.92 Å². The number of hydrogen-bond donors (Lipinski definition) is 2. The van der Waals surface area contributed by atoms with E-state index in [0.717, 1.165) is 19.4 Å². The molecule has 18 heavy (non-hydrogen) atoms. The van der Waals surface area contributed by atoms with Crippen molar-refractivity contribution in [3.05, 3.63) is 12.2 Å². The van der Waals surface area contributed by atoms with Gasteiger partial charge in [-0.05, 0) is 25.3 Å². The molecule has 2 atom stereocenters. The van der Waals surface area contributed by atoms with Crippen LogP contribution in [0.3, 0.4) is 0 Å². The third-order valence-electron chi connectivity index (χ3n) is 3.45. The second-order valence-electron chi connectivity index (χ2n) is 4.68. The Bertz CT molecular complexity index is 366. The Kier molecular flexibility index (Phi) is 4.69. The molecule has 1 aliphatic heterocycles. The van der Waals surface area contributed by atoms with Crippen LogP contribution in [0.2, 0.25) is 0 Å². The molecule has 2 unspecified atom stereocenters. The molecule has 1 saturated heterocycles. The lowest BCUT2D eigenvalue weighted by molar-refractivity contribution is -0.124. The van der Waals surface area contributed by atoms with Gasteiger partial charge in [-0.25, -0.2) is 0 Å². The number of aromatic nitrogens is 2. The average molecular weight is 252 g/mol. The molecule has 0 bridgehead atoms. The van der Waals surface area contributed by atoms with E-state index in [2.05, 4.69) is 27.7 Å². The Hall–Kier alpha value is -1.43. The summed E-state index contributed by atoms with van der Waals surface area (Å²) < 4.78 is 4.87. The van der Waals surface area contributed by atoms with E-state index in [0.29, 0.717) is 24.8 Å². The maximum Gasteiger partial charge on any atom is 0.237 e. The third kappa shape index (κ3) is 3.53. The molecule has 100 valence electrons. The second-order valence-corrected chi connectivity index (χ2v) is 4.68. The van der Waals surface area contributed by atoms with Crippen LogP contribution in [0.4, 0.5) is 0 Å². The summed E-state index contributed by atoms with van der Waals surface area (Å²) in [4.78, 5) is 15.9. The minimum absolute atomic E-state index is 0.0496. The minimum atomic E-state index is -0.0496. The number of carbonyl (C=O) groups is 1. The summed E-state index contributed by atoms with van der Waals surface area (Å²) in [6, 6.07) is -0.0496. The highest BCUT2D eigenvalue weighted by atomic mass is 16.5. The largest absolute Gasteiger partial charge is 0.354 e. The fourth-order valence-corrected chi connectivity index (χ4v) is 2.29. The molecule has 6 nitrogen and oxygen atoms in total. The molecule has 1 aliphatic rings. The molecule has 2 rings (SSSR count).